The second kappa shape index (κ2) is 3.44. The van der Waals surface area contributed by atoms with Gasteiger partial charge >= 0.3 is 0 Å². The first-order chi connectivity index (χ1) is 5.11. The monoisotopic (exact) mass is 169 g/mol. The lowest BCUT2D eigenvalue weighted by Crippen LogP contribution is -1.97. The van der Waals surface area contributed by atoms with E-state index in [1.165, 1.54) is 16.3 Å². The molecule has 0 aromatic rings. The Hall–Kier alpha value is -0.240. The summed E-state index contributed by atoms with van der Waals surface area (Å²) in [6.07, 6.45) is 0. The summed E-state index contributed by atoms with van der Waals surface area (Å²) >= 11 is 1.88. The number of allylic oxidation sites excluding steroid dienone is 1. The third-order valence-corrected chi connectivity index (χ3v) is 2.95. The average molecular weight is 169 g/mol. The molecule has 1 nitrogen and oxygen atoms in total. The van der Waals surface area contributed by atoms with Crippen molar-refractivity contribution >= 4 is 16.8 Å². The summed E-state index contributed by atoms with van der Waals surface area (Å²) in [6.45, 7) is 8.64. The molecule has 0 aromatic heterocycles. The third kappa shape index (κ3) is 2.09. The van der Waals surface area contributed by atoms with Gasteiger partial charge in [-0.15, -0.1) is 11.8 Å². The van der Waals surface area contributed by atoms with E-state index >= 15 is 0 Å². The van der Waals surface area contributed by atoms with E-state index in [1.807, 2.05) is 11.8 Å². The molecule has 0 bridgehead atoms. The van der Waals surface area contributed by atoms with Crippen molar-refractivity contribution in [2.45, 2.75) is 27.7 Å². The molecule has 0 saturated heterocycles. The molecular formula is C9H15NS. The minimum Gasteiger partial charge on any atom is -0.250 e. The predicted molar refractivity (Wildman–Crippen MR) is 53.1 cm³/mol. The van der Waals surface area contributed by atoms with Crippen LogP contribution in [-0.2, 0) is 0 Å². The fourth-order valence-corrected chi connectivity index (χ4v) is 2.04. The van der Waals surface area contributed by atoms with Gasteiger partial charge in [-0.05, 0) is 13.8 Å². The summed E-state index contributed by atoms with van der Waals surface area (Å²) in [6, 6.07) is 0. The standard InChI is InChI=1S/C9H15NS/c1-6(2)8-5-11-9(10-8)7(3)4/h7H,5H2,1-4H3. The van der Waals surface area contributed by atoms with E-state index in [2.05, 4.69) is 32.7 Å². The van der Waals surface area contributed by atoms with Crippen LogP contribution >= 0.6 is 11.8 Å². The van der Waals surface area contributed by atoms with E-state index in [0.29, 0.717) is 5.92 Å². The highest BCUT2D eigenvalue weighted by molar-refractivity contribution is 8.14. The van der Waals surface area contributed by atoms with E-state index in [4.69, 9.17) is 0 Å². The highest BCUT2D eigenvalue weighted by Crippen LogP contribution is 2.27. The van der Waals surface area contributed by atoms with Crippen molar-refractivity contribution in [3.05, 3.63) is 11.3 Å². The fourth-order valence-electron chi connectivity index (χ4n) is 0.892. The zero-order valence-electron chi connectivity index (χ0n) is 7.64. The Kier molecular flexibility index (Phi) is 2.77. The molecular weight excluding hydrogens is 154 g/mol. The molecule has 0 aliphatic carbocycles. The molecule has 1 aliphatic heterocycles. The van der Waals surface area contributed by atoms with Gasteiger partial charge in [0, 0.05) is 11.7 Å². The van der Waals surface area contributed by atoms with Crippen LogP contribution < -0.4 is 0 Å². The zero-order chi connectivity index (χ0) is 8.43. The lowest BCUT2D eigenvalue weighted by atomic mass is 10.2. The topological polar surface area (TPSA) is 12.4 Å². The third-order valence-electron chi connectivity index (χ3n) is 1.67. The van der Waals surface area contributed by atoms with Crippen LogP contribution in [0.2, 0.25) is 0 Å². The van der Waals surface area contributed by atoms with E-state index in [-0.39, 0.29) is 0 Å². The smallest absolute Gasteiger partial charge is 0.0764 e. The summed E-state index contributed by atoms with van der Waals surface area (Å²) in [5.74, 6) is 1.67. The maximum absolute atomic E-state index is 4.55. The number of rotatable bonds is 1. The van der Waals surface area contributed by atoms with Crippen molar-refractivity contribution in [3.8, 4) is 0 Å². The van der Waals surface area contributed by atoms with Crippen molar-refractivity contribution < 1.29 is 0 Å². The van der Waals surface area contributed by atoms with E-state index in [9.17, 15) is 0 Å². The minimum atomic E-state index is 0.594. The van der Waals surface area contributed by atoms with Crippen LogP contribution in [0.1, 0.15) is 27.7 Å². The van der Waals surface area contributed by atoms with Crippen molar-refractivity contribution in [3.63, 3.8) is 0 Å². The lowest BCUT2D eigenvalue weighted by molar-refractivity contribution is 0.900. The summed E-state index contributed by atoms with van der Waals surface area (Å²) in [5.41, 5.74) is 2.63. The van der Waals surface area contributed by atoms with Crippen molar-refractivity contribution in [1.29, 1.82) is 0 Å². The highest BCUT2D eigenvalue weighted by atomic mass is 32.2. The van der Waals surface area contributed by atoms with Crippen LogP contribution in [0.4, 0.5) is 0 Å². The van der Waals surface area contributed by atoms with Crippen LogP contribution in [0, 0.1) is 5.92 Å². The molecule has 1 rings (SSSR count). The second-order valence-electron chi connectivity index (χ2n) is 3.34. The van der Waals surface area contributed by atoms with Gasteiger partial charge in [-0.1, -0.05) is 19.4 Å². The Balaban J connectivity index is 2.77. The average Bonchev–Trinajstić information content (AvgIpc) is 2.33. The first-order valence-electron chi connectivity index (χ1n) is 3.99. The van der Waals surface area contributed by atoms with Gasteiger partial charge in [0.25, 0.3) is 0 Å². The van der Waals surface area contributed by atoms with Crippen LogP contribution in [0.3, 0.4) is 0 Å². The summed E-state index contributed by atoms with van der Waals surface area (Å²) in [4.78, 5) is 4.55. The fraction of sp³-hybridized carbons (Fsp3) is 0.667. The second-order valence-corrected chi connectivity index (χ2v) is 4.34. The summed E-state index contributed by atoms with van der Waals surface area (Å²) in [7, 11) is 0. The SMILES string of the molecule is CC(C)=C1CSC(C(C)C)=N1. The maximum Gasteiger partial charge on any atom is 0.0764 e. The molecule has 0 amide bonds. The van der Waals surface area contributed by atoms with Gasteiger partial charge < -0.3 is 0 Å². The Morgan fingerprint density at radius 2 is 2.09 bits per heavy atom. The van der Waals surface area contributed by atoms with Gasteiger partial charge in [0.2, 0.25) is 0 Å². The molecule has 0 aromatic carbocycles. The Bertz CT molecular complexity index is 210. The van der Waals surface area contributed by atoms with Gasteiger partial charge in [-0.3, -0.25) is 0 Å². The molecule has 0 saturated carbocycles. The maximum atomic E-state index is 4.55. The van der Waals surface area contributed by atoms with E-state index in [1.54, 1.807) is 0 Å². The van der Waals surface area contributed by atoms with E-state index < -0.39 is 0 Å². The summed E-state index contributed by atoms with van der Waals surface area (Å²) in [5, 5.41) is 1.29. The quantitative estimate of drug-likeness (QED) is 0.587. The predicted octanol–water partition coefficient (Wildman–Crippen LogP) is 3.08. The van der Waals surface area contributed by atoms with Crippen molar-refractivity contribution in [2.75, 3.05) is 5.75 Å². The first-order valence-corrected chi connectivity index (χ1v) is 4.97. The number of nitrogens with zero attached hydrogens (tertiary/aromatic N) is 1. The van der Waals surface area contributed by atoms with Crippen molar-refractivity contribution in [1.82, 2.24) is 0 Å². The lowest BCUT2D eigenvalue weighted by Gasteiger charge is -1.99. The van der Waals surface area contributed by atoms with Gasteiger partial charge in [0.05, 0.1) is 10.7 Å². The van der Waals surface area contributed by atoms with Crippen molar-refractivity contribution in [2.24, 2.45) is 10.9 Å². The number of hydrogen-bond donors (Lipinski definition) is 0. The number of hydrogen-bond acceptors (Lipinski definition) is 2. The number of aliphatic imine (C=N–C) groups is 1. The molecule has 0 radical (unpaired) electrons. The molecule has 0 fully saturated rings. The number of thioether (sulfide) groups is 1. The minimum absolute atomic E-state index is 0.594. The van der Waals surface area contributed by atoms with Crippen LogP contribution in [0.15, 0.2) is 16.3 Å². The Labute approximate surface area is 73.0 Å². The zero-order valence-corrected chi connectivity index (χ0v) is 8.46. The van der Waals surface area contributed by atoms with Gasteiger partial charge in [0.1, 0.15) is 0 Å². The molecule has 0 unspecified atom stereocenters. The normalized spacial score (nSPS) is 17.5. The van der Waals surface area contributed by atoms with E-state index in [0.717, 1.165) is 5.75 Å². The molecule has 1 aliphatic rings. The molecule has 0 atom stereocenters. The summed E-state index contributed by atoms with van der Waals surface area (Å²) < 4.78 is 0. The molecule has 0 spiro atoms. The molecule has 11 heavy (non-hydrogen) atoms. The largest absolute Gasteiger partial charge is 0.250 e. The molecule has 2 heteroatoms. The molecule has 1 heterocycles. The van der Waals surface area contributed by atoms with Crippen LogP contribution in [0.5, 0.6) is 0 Å². The highest BCUT2D eigenvalue weighted by Gasteiger charge is 2.15. The van der Waals surface area contributed by atoms with Crippen LogP contribution in [-0.4, -0.2) is 10.8 Å². The Morgan fingerprint density at radius 1 is 1.45 bits per heavy atom. The van der Waals surface area contributed by atoms with Crippen LogP contribution in [0.25, 0.3) is 0 Å². The first kappa shape index (κ1) is 8.85. The van der Waals surface area contributed by atoms with Gasteiger partial charge in [-0.25, -0.2) is 4.99 Å². The van der Waals surface area contributed by atoms with Gasteiger partial charge in [-0.2, -0.15) is 0 Å². The Morgan fingerprint density at radius 3 is 2.36 bits per heavy atom. The van der Waals surface area contributed by atoms with Gasteiger partial charge in [0.15, 0.2) is 0 Å². The molecule has 62 valence electrons. The molecule has 0 N–H and O–H groups in total.